The van der Waals surface area contributed by atoms with Crippen molar-refractivity contribution >= 4 is 10.8 Å². The Morgan fingerprint density at radius 2 is 1.46 bits per heavy atom. The van der Waals surface area contributed by atoms with Gasteiger partial charge < -0.3 is 4.74 Å². The summed E-state index contributed by atoms with van der Waals surface area (Å²) >= 11 is 0. The summed E-state index contributed by atoms with van der Waals surface area (Å²) in [7, 11) is 1.72. The van der Waals surface area contributed by atoms with Gasteiger partial charge in [-0.1, -0.05) is 43.3 Å². The van der Waals surface area contributed by atoms with Crippen molar-refractivity contribution in [1.82, 2.24) is 0 Å². The SMILES string of the molecule is COc1ccc2cc(CC(C)c3cc[n+]4c(c3)-c3c(ccc5c3-c3cccc[n+]3CC5)CC4)ccc2c1. The van der Waals surface area contributed by atoms with E-state index in [1.165, 1.54) is 55.5 Å². The van der Waals surface area contributed by atoms with E-state index in [4.69, 9.17) is 4.74 Å². The van der Waals surface area contributed by atoms with E-state index in [9.17, 15) is 0 Å². The second kappa shape index (κ2) is 8.85. The standard InChI is InChI=1S/C34H32N2O/c1-23(19-24-6-7-29-21-30(37-2)11-10-28(29)20-24)27-14-18-36-17-13-26-9-8-25-12-16-35-15-4-3-5-31(35)33(25)34(26)32(36)22-27/h3-11,14-15,18,20-23H,12-13,16-17,19H2,1-2H3/q+2. The molecule has 3 aromatic carbocycles. The predicted molar refractivity (Wildman–Crippen MR) is 148 cm³/mol. The molecule has 2 aliphatic heterocycles. The first-order valence-corrected chi connectivity index (χ1v) is 13.4. The molecule has 2 aliphatic rings. The first-order chi connectivity index (χ1) is 18.2. The number of ether oxygens (including phenoxy) is 1. The molecule has 0 radical (unpaired) electrons. The van der Waals surface area contributed by atoms with E-state index in [0.717, 1.165) is 38.1 Å². The van der Waals surface area contributed by atoms with Crippen LogP contribution in [0.2, 0.25) is 0 Å². The van der Waals surface area contributed by atoms with Crippen molar-refractivity contribution in [2.24, 2.45) is 0 Å². The highest BCUT2D eigenvalue weighted by Gasteiger charge is 2.33. The molecule has 0 N–H and O–H groups in total. The Kier molecular flexibility index (Phi) is 5.32. The van der Waals surface area contributed by atoms with E-state index in [1.807, 2.05) is 6.07 Å². The van der Waals surface area contributed by atoms with Gasteiger partial charge in [0.2, 0.25) is 11.4 Å². The number of hydrogen-bond acceptors (Lipinski definition) is 1. The maximum absolute atomic E-state index is 5.40. The van der Waals surface area contributed by atoms with E-state index in [-0.39, 0.29) is 0 Å². The van der Waals surface area contributed by atoms with Gasteiger partial charge in [0.05, 0.1) is 18.2 Å². The molecule has 5 aromatic rings. The third-order valence-electron chi connectivity index (χ3n) is 8.36. The Labute approximate surface area is 218 Å². The van der Waals surface area contributed by atoms with Gasteiger partial charge in [-0.3, -0.25) is 0 Å². The summed E-state index contributed by atoms with van der Waals surface area (Å²) < 4.78 is 10.3. The van der Waals surface area contributed by atoms with Crippen LogP contribution in [0.25, 0.3) is 33.3 Å². The van der Waals surface area contributed by atoms with Crippen molar-refractivity contribution in [2.45, 2.75) is 45.2 Å². The van der Waals surface area contributed by atoms with Crippen LogP contribution in [0, 0.1) is 0 Å². The maximum atomic E-state index is 5.40. The minimum Gasteiger partial charge on any atom is -0.497 e. The number of pyridine rings is 2. The topological polar surface area (TPSA) is 17.0 Å². The van der Waals surface area contributed by atoms with E-state index in [1.54, 1.807) is 7.11 Å². The first kappa shape index (κ1) is 22.2. The van der Waals surface area contributed by atoms with Gasteiger partial charge in [-0.2, -0.15) is 9.13 Å². The number of rotatable bonds is 4. The third-order valence-corrected chi connectivity index (χ3v) is 8.36. The zero-order valence-corrected chi connectivity index (χ0v) is 21.6. The molecule has 0 aliphatic carbocycles. The van der Waals surface area contributed by atoms with Gasteiger partial charge in [-0.15, -0.1) is 0 Å². The molecule has 7 rings (SSSR count). The summed E-state index contributed by atoms with van der Waals surface area (Å²) in [5, 5.41) is 2.49. The highest BCUT2D eigenvalue weighted by molar-refractivity contribution is 5.85. The minimum atomic E-state index is 0.424. The van der Waals surface area contributed by atoms with Gasteiger partial charge in [0, 0.05) is 37.1 Å². The van der Waals surface area contributed by atoms with E-state index >= 15 is 0 Å². The van der Waals surface area contributed by atoms with Gasteiger partial charge in [-0.05, 0) is 63.6 Å². The summed E-state index contributed by atoms with van der Waals surface area (Å²) in [5.41, 5.74) is 11.3. The Morgan fingerprint density at radius 3 is 2.27 bits per heavy atom. The van der Waals surface area contributed by atoms with Crippen LogP contribution in [0.4, 0.5) is 0 Å². The quantitative estimate of drug-likeness (QED) is 0.277. The molecular weight excluding hydrogens is 452 g/mol. The molecule has 0 amide bonds. The van der Waals surface area contributed by atoms with Crippen molar-refractivity contribution < 1.29 is 13.9 Å². The molecular formula is C34H32N2O+2. The van der Waals surface area contributed by atoms with Crippen LogP contribution in [0.5, 0.6) is 5.75 Å². The monoisotopic (exact) mass is 484 g/mol. The van der Waals surface area contributed by atoms with Crippen molar-refractivity contribution in [2.75, 3.05) is 7.11 Å². The molecule has 2 aromatic heterocycles. The molecule has 3 heteroatoms. The zero-order valence-electron chi connectivity index (χ0n) is 21.6. The molecule has 182 valence electrons. The van der Waals surface area contributed by atoms with Crippen LogP contribution in [-0.2, 0) is 32.4 Å². The molecule has 0 bridgehead atoms. The van der Waals surface area contributed by atoms with Crippen molar-refractivity contribution in [1.29, 1.82) is 0 Å². The lowest BCUT2D eigenvalue weighted by Gasteiger charge is -2.23. The number of hydrogen-bond donors (Lipinski definition) is 0. The predicted octanol–water partition coefficient (Wildman–Crippen LogP) is 6.22. The lowest BCUT2D eigenvalue weighted by Crippen LogP contribution is -2.43. The maximum Gasteiger partial charge on any atom is 0.213 e. The zero-order chi connectivity index (χ0) is 24.9. The van der Waals surface area contributed by atoms with Crippen LogP contribution in [0.15, 0.2) is 91.3 Å². The fourth-order valence-corrected chi connectivity index (χ4v) is 6.33. The lowest BCUT2D eigenvalue weighted by atomic mass is 9.84. The van der Waals surface area contributed by atoms with Gasteiger partial charge in [0.15, 0.2) is 25.5 Å². The Bertz CT molecular complexity index is 1670. The normalized spacial score (nSPS) is 14.3. The van der Waals surface area contributed by atoms with E-state index in [2.05, 4.69) is 101 Å². The van der Waals surface area contributed by atoms with Gasteiger partial charge >= 0.3 is 0 Å². The molecule has 37 heavy (non-hydrogen) atoms. The van der Waals surface area contributed by atoms with Crippen LogP contribution in [0.1, 0.15) is 35.1 Å². The molecule has 4 heterocycles. The summed E-state index contributed by atoms with van der Waals surface area (Å²) in [5.74, 6) is 1.33. The Hall–Kier alpha value is -3.98. The Balaban J connectivity index is 1.27. The van der Waals surface area contributed by atoms with Crippen molar-refractivity contribution in [3.8, 4) is 28.3 Å². The number of fused-ring (bicyclic) bond motifs is 8. The van der Waals surface area contributed by atoms with Crippen molar-refractivity contribution in [3.63, 3.8) is 0 Å². The van der Waals surface area contributed by atoms with E-state index < -0.39 is 0 Å². The summed E-state index contributed by atoms with van der Waals surface area (Å²) in [4.78, 5) is 0. The average Bonchev–Trinajstić information content (AvgIpc) is 2.95. The van der Waals surface area contributed by atoms with Crippen LogP contribution in [0.3, 0.4) is 0 Å². The van der Waals surface area contributed by atoms with Gasteiger partial charge in [0.1, 0.15) is 5.75 Å². The van der Waals surface area contributed by atoms with Crippen molar-refractivity contribution in [3.05, 3.63) is 114 Å². The number of aromatic nitrogens is 2. The minimum absolute atomic E-state index is 0.424. The number of methoxy groups -OCH3 is 1. The summed E-state index contributed by atoms with van der Waals surface area (Å²) in [6.45, 7) is 4.45. The highest BCUT2D eigenvalue weighted by atomic mass is 16.5. The number of aryl methyl sites for hydroxylation is 4. The lowest BCUT2D eigenvalue weighted by molar-refractivity contribution is -0.689. The molecule has 0 saturated heterocycles. The van der Waals surface area contributed by atoms with E-state index in [0.29, 0.717) is 5.92 Å². The fourth-order valence-electron chi connectivity index (χ4n) is 6.33. The molecule has 1 atom stereocenters. The molecule has 3 nitrogen and oxygen atoms in total. The van der Waals surface area contributed by atoms with Crippen LogP contribution in [-0.4, -0.2) is 7.11 Å². The average molecular weight is 485 g/mol. The summed E-state index contributed by atoms with van der Waals surface area (Å²) in [6, 6.07) is 29.3. The second-order valence-corrected chi connectivity index (χ2v) is 10.6. The van der Waals surface area contributed by atoms with Gasteiger partial charge in [0.25, 0.3) is 0 Å². The third kappa shape index (κ3) is 3.81. The smallest absolute Gasteiger partial charge is 0.213 e. The molecule has 0 fully saturated rings. The summed E-state index contributed by atoms with van der Waals surface area (Å²) in [6.07, 6.45) is 7.74. The fraction of sp³-hybridized carbons (Fsp3) is 0.235. The largest absolute Gasteiger partial charge is 0.497 e. The molecule has 0 spiro atoms. The molecule has 1 unspecified atom stereocenters. The number of nitrogens with zero attached hydrogens (tertiary/aromatic N) is 2. The second-order valence-electron chi connectivity index (χ2n) is 10.6. The highest BCUT2D eigenvalue weighted by Crippen LogP contribution is 2.39. The van der Waals surface area contributed by atoms with Crippen LogP contribution < -0.4 is 13.9 Å². The Morgan fingerprint density at radius 1 is 0.730 bits per heavy atom. The molecule has 0 saturated carbocycles. The van der Waals surface area contributed by atoms with Crippen LogP contribution >= 0.6 is 0 Å². The first-order valence-electron chi connectivity index (χ1n) is 13.4. The van der Waals surface area contributed by atoms with Gasteiger partial charge in [-0.25, -0.2) is 0 Å². The number of benzene rings is 3.